The van der Waals surface area contributed by atoms with E-state index in [1.54, 1.807) is 6.08 Å². The van der Waals surface area contributed by atoms with Crippen molar-refractivity contribution in [3.8, 4) is 0 Å². The number of nitrogens with one attached hydrogen (secondary N) is 1. The van der Waals surface area contributed by atoms with Gasteiger partial charge >= 0.3 is 0 Å². The molecule has 3 heteroatoms. The lowest BCUT2D eigenvalue weighted by Gasteiger charge is -2.06. The van der Waals surface area contributed by atoms with Crippen molar-refractivity contribution in [3.05, 3.63) is 35.4 Å². The van der Waals surface area contributed by atoms with Gasteiger partial charge in [-0.25, -0.2) is 0 Å². The second-order valence-corrected chi connectivity index (χ2v) is 3.25. The number of benzene rings is 1. The quantitative estimate of drug-likeness (QED) is 0.604. The van der Waals surface area contributed by atoms with Gasteiger partial charge in [0, 0.05) is 12.6 Å². The molecule has 0 aliphatic rings. The van der Waals surface area contributed by atoms with Gasteiger partial charge in [-0.15, -0.1) is 0 Å². The van der Waals surface area contributed by atoms with Gasteiger partial charge in [0.25, 0.3) is 0 Å². The molecule has 1 N–H and O–H groups in total. The van der Waals surface area contributed by atoms with Gasteiger partial charge in [0.15, 0.2) is 0 Å². The van der Waals surface area contributed by atoms with Crippen molar-refractivity contribution < 1.29 is 9.59 Å². The van der Waals surface area contributed by atoms with Crippen LogP contribution in [0, 0.1) is 6.92 Å². The van der Waals surface area contributed by atoms with Crippen molar-refractivity contribution in [2.45, 2.75) is 13.8 Å². The summed E-state index contributed by atoms with van der Waals surface area (Å²) in [5.74, 6) is -0.102. The molecule has 3 nitrogen and oxygen atoms in total. The van der Waals surface area contributed by atoms with Crippen LogP contribution in [0.3, 0.4) is 0 Å². The Hall–Kier alpha value is -1.90. The van der Waals surface area contributed by atoms with Crippen molar-refractivity contribution in [3.63, 3.8) is 0 Å². The van der Waals surface area contributed by atoms with Crippen LogP contribution in [0.2, 0.25) is 0 Å². The van der Waals surface area contributed by atoms with Crippen LogP contribution in [0.4, 0.5) is 5.69 Å². The summed E-state index contributed by atoms with van der Waals surface area (Å²) in [6.07, 6.45) is 3.83. The van der Waals surface area contributed by atoms with Crippen molar-refractivity contribution >= 4 is 24.0 Å². The van der Waals surface area contributed by atoms with Crippen molar-refractivity contribution in [2.24, 2.45) is 0 Å². The molecule has 0 aliphatic heterocycles. The minimum Gasteiger partial charge on any atom is -0.326 e. The van der Waals surface area contributed by atoms with Crippen LogP contribution < -0.4 is 5.32 Å². The van der Waals surface area contributed by atoms with Crippen LogP contribution in [0.1, 0.15) is 18.1 Å². The largest absolute Gasteiger partial charge is 0.326 e. The Morgan fingerprint density at radius 1 is 1.40 bits per heavy atom. The van der Waals surface area contributed by atoms with E-state index in [2.05, 4.69) is 5.32 Å². The average molecular weight is 203 g/mol. The van der Waals surface area contributed by atoms with E-state index in [0.717, 1.165) is 23.1 Å². The Balaban J connectivity index is 2.99. The Bertz CT molecular complexity index is 408. The third-order valence-electron chi connectivity index (χ3n) is 1.94. The fourth-order valence-electron chi connectivity index (χ4n) is 1.22. The minimum atomic E-state index is -0.102. The van der Waals surface area contributed by atoms with Crippen LogP contribution in [-0.4, -0.2) is 12.2 Å². The molecule has 1 amide bonds. The summed E-state index contributed by atoms with van der Waals surface area (Å²) in [4.78, 5) is 21.1. The standard InChI is InChI=1S/C12H13NO2/c1-9-5-6-11(4-3-7-14)8-12(9)13-10(2)15/h3-8H,1-2H3,(H,13,15)/b4-3+. The second kappa shape index (κ2) is 5.10. The first-order valence-corrected chi connectivity index (χ1v) is 4.63. The van der Waals surface area contributed by atoms with Gasteiger partial charge in [0.05, 0.1) is 0 Å². The molecule has 0 atom stereocenters. The number of rotatable bonds is 3. The molecule has 15 heavy (non-hydrogen) atoms. The van der Waals surface area contributed by atoms with Gasteiger partial charge in [0.1, 0.15) is 6.29 Å². The van der Waals surface area contributed by atoms with Gasteiger partial charge in [0.2, 0.25) is 5.91 Å². The number of hydrogen-bond donors (Lipinski definition) is 1. The number of amides is 1. The van der Waals surface area contributed by atoms with Crippen LogP contribution in [0.15, 0.2) is 24.3 Å². The van der Waals surface area contributed by atoms with Gasteiger partial charge in [-0.3, -0.25) is 9.59 Å². The Labute approximate surface area is 88.8 Å². The fraction of sp³-hybridized carbons (Fsp3) is 0.167. The smallest absolute Gasteiger partial charge is 0.221 e. The van der Waals surface area contributed by atoms with E-state index in [1.807, 2.05) is 25.1 Å². The lowest BCUT2D eigenvalue weighted by atomic mass is 10.1. The number of carbonyl (C=O) groups excluding carboxylic acids is 2. The third-order valence-corrected chi connectivity index (χ3v) is 1.94. The van der Waals surface area contributed by atoms with E-state index in [9.17, 15) is 9.59 Å². The van der Waals surface area contributed by atoms with Gasteiger partial charge in [-0.2, -0.15) is 0 Å². The Morgan fingerprint density at radius 3 is 2.73 bits per heavy atom. The van der Waals surface area contributed by atoms with Crippen molar-refractivity contribution in [1.82, 2.24) is 0 Å². The summed E-state index contributed by atoms with van der Waals surface area (Å²) >= 11 is 0. The highest BCUT2D eigenvalue weighted by molar-refractivity contribution is 5.90. The van der Waals surface area contributed by atoms with E-state index < -0.39 is 0 Å². The zero-order valence-electron chi connectivity index (χ0n) is 8.78. The van der Waals surface area contributed by atoms with Crippen LogP contribution in [0.5, 0.6) is 0 Å². The monoisotopic (exact) mass is 203 g/mol. The molecule has 0 aromatic heterocycles. The predicted molar refractivity (Wildman–Crippen MR) is 60.6 cm³/mol. The Kier molecular flexibility index (Phi) is 3.80. The van der Waals surface area contributed by atoms with E-state index in [4.69, 9.17) is 0 Å². The van der Waals surface area contributed by atoms with Gasteiger partial charge in [-0.1, -0.05) is 18.2 Å². The average Bonchev–Trinajstić information content (AvgIpc) is 2.18. The zero-order valence-corrected chi connectivity index (χ0v) is 8.78. The highest BCUT2D eigenvalue weighted by atomic mass is 16.1. The molecule has 1 rings (SSSR count). The molecule has 1 aromatic rings. The highest BCUT2D eigenvalue weighted by Crippen LogP contribution is 2.17. The maximum atomic E-state index is 10.9. The van der Waals surface area contributed by atoms with Gasteiger partial charge in [-0.05, 0) is 30.2 Å². The first kappa shape index (κ1) is 11.2. The molecular formula is C12H13NO2. The number of anilines is 1. The molecule has 1 aromatic carbocycles. The van der Waals surface area contributed by atoms with E-state index in [0.29, 0.717) is 0 Å². The second-order valence-electron chi connectivity index (χ2n) is 3.25. The first-order chi connectivity index (χ1) is 7.13. The number of carbonyl (C=O) groups is 2. The van der Waals surface area contributed by atoms with E-state index >= 15 is 0 Å². The summed E-state index contributed by atoms with van der Waals surface area (Å²) in [5.41, 5.74) is 2.65. The number of allylic oxidation sites excluding steroid dienone is 1. The van der Waals surface area contributed by atoms with Crippen molar-refractivity contribution in [2.75, 3.05) is 5.32 Å². The number of aryl methyl sites for hydroxylation is 1. The number of aldehydes is 1. The normalized spacial score (nSPS) is 10.3. The minimum absolute atomic E-state index is 0.102. The van der Waals surface area contributed by atoms with Crippen molar-refractivity contribution in [1.29, 1.82) is 0 Å². The molecule has 78 valence electrons. The molecule has 0 saturated carbocycles. The lowest BCUT2D eigenvalue weighted by Crippen LogP contribution is -2.07. The van der Waals surface area contributed by atoms with E-state index in [1.165, 1.54) is 13.0 Å². The summed E-state index contributed by atoms with van der Waals surface area (Å²) in [5, 5.41) is 2.73. The molecule has 0 saturated heterocycles. The Morgan fingerprint density at radius 2 is 2.13 bits per heavy atom. The molecule has 0 heterocycles. The molecule has 0 spiro atoms. The summed E-state index contributed by atoms with van der Waals surface area (Å²) in [6, 6.07) is 5.62. The number of hydrogen-bond acceptors (Lipinski definition) is 2. The topological polar surface area (TPSA) is 46.2 Å². The first-order valence-electron chi connectivity index (χ1n) is 4.63. The maximum Gasteiger partial charge on any atom is 0.221 e. The summed E-state index contributed by atoms with van der Waals surface area (Å²) in [7, 11) is 0. The van der Waals surface area contributed by atoms with E-state index in [-0.39, 0.29) is 5.91 Å². The summed E-state index contributed by atoms with van der Waals surface area (Å²) < 4.78 is 0. The molecule has 0 aliphatic carbocycles. The molecule has 0 unspecified atom stereocenters. The lowest BCUT2D eigenvalue weighted by molar-refractivity contribution is -0.114. The third kappa shape index (κ3) is 3.38. The highest BCUT2D eigenvalue weighted by Gasteiger charge is 2.00. The fourth-order valence-corrected chi connectivity index (χ4v) is 1.22. The summed E-state index contributed by atoms with van der Waals surface area (Å²) in [6.45, 7) is 3.38. The molecule has 0 radical (unpaired) electrons. The predicted octanol–water partition coefficient (Wildman–Crippen LogP) is 2.17. The van der Waals surface area contributed by atoms with Crippen LogP contribution in [0.25, 0.3) is 6.08 Å². The molecular weight excluding hydrogens is 190 g/mol. The van der Waals surface area contributed by atoms with Crippen LogP contribution in [-0.2, 0) is 9.59 Å². The molecule has 0 fully saturated rings. The van der Waals surface area contributed by atoms with Gasteiger partial charge < -0.3 is 5.32 Å². The molecule has 0 bridgehead atoms. The zero-order chi connectivity index (χ0) is 11.3. The SMILES string of the molecule is CC(=O)Nc1cc(/C=C/C=O)ccc1C. The van der Waals surface area contributed by atoms with Crippen LogP contribution >= 0.6 is 0 Å². The maximum absolute atomic E-state index is 10.9.